The molecule has 1 unspecified atom stereocenters. The Morgan fingerprint density at radius 3 is 1.80 bits per heavy atom. The maximum absolute atomic E-state index is 3.10. The maximum atomic E-state index is 3.10. The van der Waals surface area contributed by atoms with Gasteiger partial charge in [0.15, 0.2) is 0 Å². The molecule has 0 aliphatic carbocycles. The fourth-order valence-corrected chi connectivity index (χ4v) is 0.775. The molecule has 0 saturated carbocycles. The van der Waals surface area contributed by atoms with E-state index < -0.39 is 0 Å². The Morgan fingerprint density at radius 2 is 1.70 bits per heavy atom. The third kappa shape index (κ3) is 2.67. The number of hydrazine groups is 1. The fourth-order valence-electron chi connectivity index (χ4n) is 0.775. The first-order valence-corrected chi connectivity index (χ1v) is 3.80. The van der Waals surface area contributed by atoms with Gasteiger partial charge < -0.3 is 0 Å². The molecule has 2 heteroatoms. The maximum Gasteiger partial charge on any atom is 0.0260 e. The van der Waals surface area contributed by atoms with E-state index in [1.54, 1.807) is 0 Å². The molecule has 0 amide bonds. The van der Waals surface area contributed by atoms with Crippen LogP contribution in [0, 0.1) is 5.41 Å². The molecule has 0 aromatic rings. The summed E-state index contributed by atoms with van der Waals surface area (Å²) in [7, 11) is 4.01. The van der Waals surface area contributed by atoms with Crippen LogP contribution in [0.1, 0.15) is 27.7 Å². The zero-order valence-electron chi connectivity index (χ0n) is 8.02. The zero-order chi connectivity index (χ0) is 8.36. The second-order valence-electron chi connectivity index (χ2n) is 3.88. The first-order valence-electron chi connectivity index (χ1n) is 3.80. The molecule has 0 bridgehead atoms. The summed E-state index contributed by atoms with van der Waals surface area (Å²) < 4.78 is 0. The minimum Gasteiger partial charge on any atom is -0.258 e. The highest BCUT2D eigenvalue weighted by Crippen LogP contribution is 2.21. The molecule has 0 spiro atoms. The topological polar surface area (TPSA) is 15.3 Å². The van der Waals surface area contributed by atoms with Crippen molar-refractivity contribution in [3.63, 3.8) is 0 Å². The number of hydrogen-bond donors (Lipinski definition) is 1. The molecular weight excluding hydrogens is 124 g/mol. The second kappa shape index (κ2) is 3.35. The molecule has 0 aromatic carbocycles. The van der Waals surface area contributed by atoms with Gasteiger partial charge in [0.05, 0.1) is 0 Å². The molecule has 0 aliphatic heterocycles. The average Bonchev–Trinajstić information content (AvgIpc) is 1.83. The first kappa shape index (κ1) is 9.92. The van der Waals surface area contributed by atoms with E-state index in [1.807, 2.05) is 7.05 Å². The van der Waals surface area contributed by atoms with E-state index in [2.05, 4.69) is 45.2 Å². The summed E-state index contributed by atoms with van der Waals surface area (Å²) in [5.74, 6) is 0. The van der Waals surface area contributed by atoms with Crippen molar-refractivity contribution >= 4 is 0 Å². The summed E-state index contributed by atoms with van der Waals surface area (Å²) in [6.07, 6.45) is 0. The molecule has 2 nitrogen and oxygen atoms in total. The van der Waals surface area contributed by atoms with Crippen LogP contribution in [0.15, 0.2) is 0 Å². The molecule has 0 fully saturated rings. The van der Waals surface area contributed by atoms with Gasteiger partial charge in [-0.25, -0.2) is 5.01 Å². The molecule has 62 valence electrons. The quantitative estimate of drug-likeness (QED) is 0.591. The molecule has 0 rings (SSSR count). The molecule has 0 heterocycles. The van der Waals surface area contributed by atoms with Crippen LogP contribution in [0.5, 0.6) is 0 Å². The Labute approximate surface area is 64.6 Å². The van der Waals surface area contributed by atoms with Crippen molar-refractivity contribution in [2.45, 2.75) is 33.7 Å². The second-order valence-corrected chi connectivity index (χ2v) is 3.88. The van der Waals surface area contributed by atoms with E-state index in [0.29, 0.717) is 11.5 Å². The molecule has 1 atom stereocenters. The van der Waals surface area contributed by atoms with Gasteiger partial charge in [-0.05, 0) is 19.4 Å². The Morgan fingerprint density at radius 1 is 1.30 bits per heavy atom. The van der Waals surface area contributed by atoms with E-state index in [1.165, 1.54) is 0 Å². The summed E-state index contributed by atoms with van der Waals surface area (Å²) in [6.45, 7) is 8.94. The van der Waals surface area contributed by atoms with Crippen molar-refractivity contribution in [1.82, 2.24) is 10.4 Å². The van der Waals surface area contributed by atoms with Gasteiger partial charge in [-0.1, -0.05) is 20.8 Å². The zero-order valence-corrected chi connectivity index (χ0v) is 8.02. The fraction of sp³-hybridized carbons (Fsp3) is 1.00. The van der Waals surface area contributed by atoms with Crippen molar-refractivity contribution < 1.29 is 0 Å². The molecule has 0 aliphatic rings. The first-order chi connectivity index (χ1) is 4.39. The van der Waals surface area contributed by atoms with Gasteiger partial charge in [0.1, 0.15) is 0 Å². The predicted octanol–water partition coefficient (Wildman–Crippen LogP) is 1.49. The van der Waals surface area contributed by atoms with Gasteiger partial charge >= 0.3 is 0 Å². The van der Waals surface area contributed by atoms with Crippen molar-refractivity contribution in [3.05, 3.63) is 0 Å². The van der Waals surface area contributed by atoms with Gasteiger partial charge in [0.25, 0.3) is 0 Å². The van der Waals surface area contributed by atoms with Gasteiger partial charge in [0, 0.05) is 13.1 Å². The Balaban J connectivity index is 3.94. The van der Waals surface area contributed by atoms with Crippen LogP contribution in [-0.2, 0) is 0 Å². The lowest BCUT2D eigenvalue weighted by molar-refractivity contribution is 0.101. The van der Waals surface area contributed by atoms with Crippen LogP contribution < -0.4 is 5.43 Å². The van der Waals surface area contributed by atoms with Gasteiger partial charge in [0.2, 0.25) is 0 Å². The number of hydrogen-bond acceptors (Lipinski definition) is 2. The third-order valence-electron chi connectivity index (χ3n) is 2.19. The molecule has 10 heavy (non-hydrogen) atoms. The van der Waals surface area contributed by atoms with Gasteiger partial charge in [-0.3, -0.25) is 5.43 Å². The van der Waals surface area contributed by atoms with E-state index >= 15 is 0 Å². The largest absolute Gasteiger partial charge is 0.258 e. The van der Waals surface area contributed by atoms with Crippen molar-refractivity contribution in [1.29, 1.82) is 0 Å². The van der Waals surface area contributed by atoms with Crippen LogP contribution in [-0.4, -0.2) is 25.1 Å². The highest BCUT2D eigenvalue weighted by molar-refractivity contribution is 4.74. The van der Waals surface area contributed by atoms with Crippen LogP contribution in [0.2, 0.25) is 0 Å². The van der Waals surface area contributed by atoms with E-state index in [9.17, 15) is 0 Å². The van der Waals surface area contributed by atoms with Crippen LogP contribution in [0.3, 0.4) is 0 Å². The van der Waals surface area contributed by atoms with Crippen LogP contribution in [0.25, 0.3) is 0 Å². The number of nitrogens with one attached hydrogen (secondary N) is 1. The van der Waals surface area contributed by atoms with Crippen molar-refractivity contribution in [2.24, 2.45) is 5.41 Å². The number of nitrogens with zero attached hydrogens (tertiary/aromatic N) is 1. The molecule has 0 aromatic heterocycles. The van der Waals surface area contributed by atoms with Crippen LogP contribution in [0.4, 0.5) is 0 Å². The molecule has 0 radical (unpaired) electrons. The van der Waals surface area contributed by atoms with E-state index in [0.717, 1.165) is 0 Å². The predicted molar refractivity (Wildman–Crippen MR) is 45.7 cm³/mol. The molecule has 1 N–H and O–H groups in total. The average molecular weight is 144 g/mol. The van der Waals surface area contributed by atoms with E-state index in [4.69, 9.17) is 0 Å². The monoisotopic (exact) mass is 144 g/mol. The summed E-state index contributed by atoms with van der Waals surface area (Å²) >= 11 is 0. The van der Waals surface area contributed by atoms with Gasteiger partial charge in [-0.2, -0.15) is 0 Å². The highest BCUT2D eigenvalue weighted by Gasteiger charge is 2.22. The Bertz CT molecular complexity index is 93.9. The lowest BCUT2D eigenvalue weighted by Crippen LogP contribution is -2.45. The smallest absolute Gasteiger partial charge is 0.0260 e. The Kier molecular flexibility index (Phi) is 3.33. The summed E-state index contributed by atoms with van der Waals surface area (Å²) in [5.41, 5.74) is 3.45. The minimum atomic E-state index is 0.345. The highest BCUT2D eigenvalue weighted by atomic mass is 15.5. The SMILES string of the molecule is CNN(C)C(C)C(C)(C)C. The van der Waals surface area contributed by atoms with Crippen LogP contribution >= 0.6 is 0 Å². The summed E-state index contributed by atoms with van der Waals surface area (Å²) in [5, 5.41) is 2.12. The normalized spacial score (nSPS) is 15.9. The lowest BCUT2D eigenvalue weighted by Gasteiger charge is -2.34. The summed E-state index contributed by atoms with van der Waals surface area (Å²) in [6, 6.07) is 0.553. The number of rotatable bonds is 2. The van der Waals surface area contributed by atoms with Crippen molar-refractivity contribution in [3.8, 4) is 0 Å². The van der Waals surface area contributed by atoms with E-state index in [-0.39, 0.29) is 0 Å². The van der Waals surface area contributed by atoms with Gasteiger partial charge in [-0.15, -0.1) is 0 Å². The Hall–Kier alpha value is -0.0800. The minimum absolute atomic E-state index is 0.345. The van der Waals surface area contributed by atoms with Crippen molar-refractivity contribution in [2.75, 3.05) is 14.1 Å². The lowest BCUT2D eigenvalue weighted by atomic mass is 9.88. The molecular formula is C8H20N2. The summed E-state index contributed by atoms with van der Waals surface area (Å²) in [4.78, 5) is 0. The standard InChI is InChI=1S/C8H20N2/c1-7(8(2,3)4)10(6)9-5/h7,9H,1-6H3. The molecule has 0 saturated heterocycles. The third-order valence-corrected chi connectivity index (χ3v) is 2.19.